The van der Waals surface area contributed by atoms with E-state index in [4.69, 9.17) is 0 Å². The van der Waals surface area contributed by atoms with Crippen molar-refractivity contribution in [2.45, 2.75) is 13.3 Å². The van der Waals surface area contributed by atoms with Crippen molar-refractivity contribution in [3.8, 4) is 0 Å². The Balaban J connectivity index is 2.07. The van der Waals surface area contributed by atoms with Crippen LogP contribution in [-0.2, 0) is 20.8 Å². The van der Waals surface area contributed by atoms with E-state index in [1.54, 1.807) is 48.5 Å². The molecule has 0 unspecified atom stereocenters. The maximum absolute atomic E-state index is 12.3. The Morgan fingerprint density at radius 2 is 1.64 bits per heavy atom. The van der Waals surface area contributed by atoms with Crippen LogP contribution in [-0.4, -0.2) is 17.7 Å². The molecule has 6 nitrogen and oxygen atoms in total. The summed E-state index contributed by atoms with van der Waals surface area (Å²) in [6, 6.07) is 13.9. The zero-order valence-electron chi connectivity index (χ0n) is 13.8. The lowest BCUT2D eigenvalue weighted by Crippen LogP contribution is -2.17. The second-order valence-electron chi connectivity index (χ2n) is 5.34. The number of amides is 3. The highest BCUT2D eigenvalue weighted by Crippen LogP contribution is 2.18. The summed E-state index contributed by atoms with van der Waals surface area (Å²) < 4.78 is 0. The summed E-state index contributed by atoms with van der Waals surface area (Å²) in [6.07, 6.45) is 1.27. The molecule has 6 heteroatoms. The van der Waals surface area contributed by atoms with Crippen LogP contribution in [0.3, 0.4) is 0 Å². The first kappa shape index (κ1) is 17.9. The van der Waals surface area contributed by atoms with Crippen LogP contribution in [0.5, 0.6) is 0 Å². The third-order valence-corrected chi connectivity index (χ3v) is 3.28. The molecule has 2 aromatic rings. The van der Waals surface area contributed by atoms with E-state index in [0.29, 0.717) is 22.6 Å². The molecule has 0 aliphatic carbocycles. The van der Waals surface area contributed by atoms with Crippen molar-refractivity contribution in [1.29, 1.82) is 0 Å². The first-order valence-corrected chi connectivity index (χ1v) is 7.67. The van der Waals surface area contributed by atoms with Crippen LogP contribution in [0.15, 0.2) is 61.2 Å². The summed E-state index contributed by atoms with van der Waals surface area (Å²) in [7, 11) is 0. The van der Waals surface area contributed by atoms with Crippen LogP contribution < -0.4 is 16.0 Å². The van der Waals surface area contributed by atoms with Gasteiger partial charge < -0.3 is 16.0 Å². The largest absolute Gasteiger partial charge is 0.326 e. The first-order chi connectivity index (χ1) is 12.0. The molecule has 0 aromatic heterocycles. The van der Waals surface area contributed by atoms with E-state index in [0.717, 1.165) is 0 Å². The van der Waals surface area contributed by atoms with Gasteiger partial charge in [-0.3, -0.25) is 14.4 Å². The Labute approximate surface area is 145 Å². The van der Waals surface area contributed by atoms with E-state index in [-0.39, 0.29) is 24.1 Å². The van der Waals surface area contributed by atoms with E-state index in [1.807, 2.05) is 0 Å². The Bertz CT molecular complexity index is 815. The van der Waals surface area contributed by atoms with Crippen LogP contribution in [0.1, 0.15) is 12.5 Å². The molecule has 2 rings (SSSR count). The predicted molar refractivity (Wildman–Crippen MR) is 98.3 cm³/mol. The van der Waals surface area contributed by atoms with Gasteiger partial charge in [0.2, 0.25) is 17.7 Å². The molecule has 25 heavy (non-hydrogen) atoms. The van der Waals surface area contributed by atoms with E-state index in [1.165, 1.54) is 13.0 Å². The Morgan fingerprint density at radius 3 is 2.32 bits per heavy atom. The van der Waals surface area contributed by atoms with Gasteiger partial charge in [0.15, 0.2) is 0 Å². The van der Waals surface area contributed by atoms with Crippen molar-refractivity contribution in [1.82, 2.24) is 0 Å². The number of para-hydroxylation sites is 1. The number of rotatable bonds is 6. The van der Waals surface area contributed by atoms with E-state index in [2.05, 4.69) is 22.5 Å². The van der Waals surface area contributed by atoms with Gasteiger partial charge in [-0.2, -0.15) is 0 Å². The predicted octanol–water partition coefficient (Wildman–Crippen LogP) is 2.95. The lowest BCUT2D eigenvalue weighted by molar-refractivity contribution is -0.116. The van der Waals surface area contributed by atoms with Crippen LogP contribution in [0.4, 0.5) is 17.1 Å². The Hall–Kier alpha value is -3.41. The molecule has 0 aliphatic rings. The summed E-state index contributed by atoms with van der Waals surface area (Å²) >= 11 is 0. The molecule has 0 atom stereocenters. The number of anilines is 3. The third-order valence-electron chi connectivity index (χ3n) is 3.28. The van der Waals surface area contributed by atoms with E-state index in [9.17, 15) is 14.4 Å². The SMILES string of the molecule is C=CC(=O)Nc1ccccc1CC(=O)Nc1cccc(NC(C)=O)c1. The number of hydrogen-bond acceptors (Lipinski definition) is 3. The van der Waals surface area contributed by atoms with Gasteiger partial charge in [0.05, 0.1) is 6.42 Å². The van der Waals surface area contributed by atoms with Gasteiger partial charge in [0.25, 0.3) is 0 Å². The second-order valence-corrected chi connectivity index (χ2v) is 5.34. The smallest absolute Gasteiger partial charge is 0.247 e. The third kappa shape index (κ3) is 5.62. The van der Waals surface area contributed by atoms with Gasteiger partial charge in [-0.15, -0.1) is 0 Å². The monoisotopic (exact) mass is 337 g/mol. The Morgan fingerprint density at radius 1 is 0.960 bits per heavy atom. The molecule has 0 radical (unpaired) electrons. The van der Waals surface area contributed by atoms with Crippen LogP contribution >= 0.6 is 0 Å². The summed E-state index contributed by atoms with van der Waals surface area (Å²) in [5, 5.41) is 8.11. The fraction of sp³-hybridized carbons (Fsp3) is 0.105. The van der Waals surface area contributed by atoms with Crippen molar-refractivity contribution < 1.29 is 14.4 Å². The number of nitrogens with one attached hydrogen (secondary N) is 3. The molecule has 2 aromatic carbocycles. The molecule has 0 spiro atoms. The van der Waals surface area contributed by atoms with Gasteiger partial charge in [0.1, 0.15) is 0 Å². The number of hydrogen-bond donors (Lipinski definition) is 3. The van der Waals surface area contributed by atoms with Crippen LogP contribution in [0, 0.1) is 0 Å². The van der Waals surface area contributed by atoms with E-state index < -0.39 is 0 Å². The second kappa shape index (κ2) is 8.44. The van der Waals surface area contributed by atoms with Crippen LogP contribution in [0.2, 0.25) is 0 Å². The summed E-state index contributed by atoms with van der Waals surface area (Å²) in [5.74, 6) is -0.758. The lowest BCUT2D eigenvalue weighted by atomic mass is 10.1. The van der Waals surface area contributed by atoms with Crippen molar-refractivity contribution in [3.63, 3.8) is 0 Å². The summed E-state index contributed by atoms with van der Waals surface area (Å²) in [5.41, 5.74) is 2.43. The molecule has 0 fully saturated rings. The van der Waals surface area contributed by atoms with Gasteiger partial charge in [-0.05, 0) is 35.9 Å². The topological polar surface area (TPSA) is 87.3 Å². The van der Waals surface area contributed by atoms with Crippen molar-refractivity contribution in [2.75, 3.05) is 16.0 Å². The number of benzene rings is 2. The minimum absolute atomic E-state index is 0.0952. The zero-order valence-corrected chi connectivity index (χ0v) is 13.8. The lowest BCUT2D eigenvalue weighted by Gasteiger charge is -2.11. The minimum atomic E-state index is -0.337. The number of carbonyl (C=O) groups is 3. The van der Waals surface area contributed by atoms with Gasteiger partial charge >= 0.3 is 0 Å². The number of carbonyl (C=O) groups excluding carboxylic acids is 3. The molecule has 3 N–H and O–H groups in total. The Kier molecular flexibility index (Phi) is 6.06. The zero-order chi connectivity index (χ0) is 18.2. The average Bonchev–Trinajstić information content (AvgIpc) is 2.56. The maximum Gasteiger partial charge on any atom is 0.247 e. The molecule has 0 saturated heterocycles. The van der Waals surface area contributed by atoms with Crippen molar-refractivity contribution >= 4 is 34.8 Å². The molecule has 0 saturated carbocycles. The van der Waals surface area contributed by atoms with Gasteiger partial charge in [-0.25, -0.2) is 0 Å². The van der Waals surface area contributed by atoms with Gasteiger partial charge in [0, 0.05) is 24.0 Å². The quantitative estimate of drug-likeness (QED) is 0.708. The highest BCUT2D eigenvalue weighted by molar-refractivity contribution is 6.00. The van der Waals surface area contributed by atoms with Gasteiger partial charge in [-0.1, -0.05) is 30.8 Å². The molecule has 0 heterocycles. The molecule has 0 bridgehead atoms. The summed E-state index contributed by atoms with van der Waals surface area (Å²) in [4.78, 5) is 34.9. The highest BCUT2D eigenvalue weighted by Gasteiger charge is 2.10. The molecular formula is C19H19N3O3. The fourth-order valence-electron chi connectivity index (χ4n) is 2.24. The fourth-order valence-corrected chi connectivity index (χ4v) is 2.24. The normalized spacial score (nSPS) is 9.80. The minimum Gasteiger partial charge on any atom is -0.326 e. The standard InChI is InChI=1S/C19H19N3O3/c1-3-18(24)22-17-10-5-4-7-14(17)11-19(25)21-16-9-6-8-15(12-16)20-13(2)23/h3-10,12H,1,11H2,2H3,(H,20,23)(H,21,25)(H,22,24). The van der Waals surface area contributed by atoms with Crippen molar-refractivity contribution in [3.05, 3.63) is 66.7 Å². The van der Waals surface area contributed by atoms with Crippen LogP contribution in [0.25, 0.3) is 0 Å². The first-order valence-electron chi connectivity index (χ1n) is 7.67. The average molecular weight is 337 g/mol. The molecule has 3 amide bonds. The molecule has 0 aliphatic heterocycles. The van der Waals surface area contributed by atoms with E-state index >= 15 is 0 Å². The maximum atomic E-state index is 12.3. The highest BCUT2D eigenvalue weighted by atomic mass is 16.2. The molecular weight excluding hydrogens is 318 g/mol. The van der Waals surface area contributed by atoms with Crippen molar-refractivity contribution in [2.24, 2.45) is 0 Å². The molecule has 128 valence electrons. The summed E-state index contributed by atoms with van der Waals surface area (Å²) in [6.45, 7) is 4.83.